The molecule has 21 heavy (non-hydrogen) atoms. The molecule has 104 valence electrons. The van der Waals surface area contributed by atoms with E-state index in [1.165, 1.54) is 0 Å². The molecular weight excluding hydrogens is 262 g/mol. The molecule has 0 aromatic heterocycles. The van der Waals surface area contributed by atoms with E-state index in [9.17, 15) is 5.26 Å². The molecule has 0 spiro atoms. The highest BCUT2D eigenvalue weighted by molar-refractivity contribution is 5.60. The zero-order valence-electron chi connectivity index (χ0n) is 11.6. The van der Waals surface area contributed by atoms with Gasteiger partial charge in [0.05, 0.1) is 5.92 Å². The van der Waals surface area contributed by atoms with Crippen LogP contribution in [0.15, 0.2) is 53.9 Å². The maximum atomic E-state index is 9.47. The van der Waals surface area contributed by atoms with Gasteiger partial charge in [-0.15, -0.1) is 0 Å². The Labute approximate surface area is 123 Å². The Kier molecular flexibility index (Phi) is 3.03. The Morgan fingerprint density at radius 1 is 1.10 bits per heavy atom. The lowest BCUT2D eigenvalue weighted by Crippen LogP contribution is -2.21. The Morgan fingerprint density at radius 3 is 2.57 bits per heavy atom. The van der Waals surface area contributed by atoms with Gasteiger partial charge in [0, 0.05) is 17.3 Å². The number of nitriles is 1. The Bertz CT molecular complexity index is 787. The van der Waals surface area contributed by atoms with Crippen LogP contribution in [-0.2, 0) is 0 Å². The second kappa shape index (κ2) is 4.88. The summed E-state index contributed by atoms with van der Waals surface area (Å²) in [6.45, 7) is 2.02. The predicted octanol–water partition coefficient (Wildman–Crippen LogP) is 2.80. The zero-order chi connectivity index (χ0) is 15.0. The van der Waals surface area contributed by atoms with Crippen molar-refractivity contribution < 1.29 is 4.74 Å². The average Bonchev–Trinajstić information content (AvgIpc) is 2.46. The highest BCUT2D eigenvalue weighted by Gasteiger charge is 2.31. The number of ether oxygens (including phenoxy) is 1. The molecule has 1 aliphatic rings. The topological polar surface area (TPSA) is 85.1 Å². The smallest absolute Gasteiger partial charge is 0.205 e. The number of hydrogen-bond acceptors (Lipinski definition) is 4. The SMILES string of the molecule is Cc1ccccc1[C@H]1C(C#N)=C(N)Oc2cc(N)ccc21. The fourth-order valence-corrected chi connectivity index (χ4v) is 2.70. The van der Waals surface area contributed by atoms with E-state index >= 15 is 0 Å². The van der Waals surface area contributed by atoms with Crippen LogP contribution in [0.4, 0.5) is 5.69 Å². The number of rotatable bonds is 1. The van der Waals surface area contributed by atoms with Crippen LogP contribution in [-0.4, -0.2) is 0 Å². The van der Waals surface area contributed by atoms with E-state index < -0.39 is 0 Å². The number of anilines is 1. The summed E-state index contributed by atoms with van der Waals surface area (Å²) in [5.74, 6) is 0.532. The van der Waals surface area contributed by atoms with Crippen molar-refractivity contribution in [3.8, 4) is 11.8 Å². The third-order valence-electron chi connectivity index (χ3n) is 3.74. The molecule has 4 nitrogen and oxygen atoms in total. The van der Waals surface area contributed by atoms with Gasteiger partial charge < -0.3 is 16.2 Å². The highest BCUT2D eigenvalue weighted by atomic mass is 16.5. The number of fused-ring (bicyclic) bond motifs is 1. The van der Waals surface area contributed by atoms with Gasteiger partial charge >= 0.3 is 0 Å². The van der Waals surface area contributed by atoms with E-state index in [4.69, 9.17) is 16.2 Å². The lowest BCUT2D eigenvalue weighted by Gasteiger charge is -2.27. The van der Waals surface area contributed by atoms with Crippen molar-refractivity contribution in [2.45, 2.75) is 12.8 Å². The molecule has 4 heteroatoms. The summed E-state index contributed by atoms with van der Waals surface area (Å²) in [5.41, 5.74) is 15.8. The van der Waals surface area contributed by atoms with Gasteiger partial charge in [0.15, 0.2) is 0 Å². The lowest BCUT2D eigenvalue weighted by molar-refractivity contribution is 0.394. The molecule has 0 saturated heterocycles. The van der Waals surface area contributed by atoms with Crippen molar-refractivity contribution in [3.05, 3.63) is 70.6 Å². The highest BCUT2D eigenvalue weighted by Crippen LogP contribution is 2.43. The van der Waals surface area contributed by atoms with Gasteiger partial charge in [0.1, 0.15) is 17.4 Å². The summed E-state index contributed by atoms with van der Waals surface area (Å²) >= 11 is 0. The second-order valence-corrected chi connectivity index (χ2v) is 5.08. The van der Waals surface area contributed by atoms with Gasteiger partial charge in [-0.2, -0.15) is 5.26 Å². The molecule has 4 N–H and O–H groups in total. The number of nitrogens with two attached hydrogens (primary N) is 2. The van der Waals surface area contributed by atoms with Gasteiger partial charge in [0.25, 0.3) is 0 Å². The molecule has 3 rings (SSSR count). The van der Waals surface area contributed by atoms with Gasteiger partial charge in [-0.3, -0.25) is 0 Å². The van der Waals surface area contributed by atoms with E-state index in [0.29, 0.717) is 17.0 Å². The number of nitrogens with zero attached hydrogens (tertiary/aromatic N) is 1. The van der Waals surface area contributed by atoms with Crippen LogP contribution in [0.2, 0.25) is 0 Å². The molecule has 0 aliphatic carbocycles. The monoisotopic (exact) mass is 277 g/mol. The maximum Gasteiger partial charge on any atom is 0.205 e. The van der Waals surface area contributed by atoms with Gasteiger partial charge in [-0.05, 0) is 24.1 Å². The summed E-state index contributed by atoms with van der Waals surface area (Å²) in [5, 5.41) is 9.47. The summed E-state index contributed by atoms with van der Waals surface area (Å²) < 4.78 is 5.56. The molecule has 0 saturated carbocycles. The minimum absolute atomic E-state index is 0.142. The molecule has 0 fully saturated rings. The Hall–Kier alpha value is -2.93. The number of hydrogen-bond donors (Lipinski definition) is 2. The third-order valence-corrected chi connectivity index (χ3v) is 3.74. The van der Waals surface area contributed by atoms with Crippen LogP contribution < -0.4 is 16.2 Å². The standard InChI is InChI=1S/C17H15N3O/c1-10-4-2-3-5-12(10)16-13-7-6-11(19)8-15(13)21-17(20)14(16)9-18/h2-8,16H,19-20H2,1H3/t16-/m1/s1. The molecule has 0 bridgehead atoms. The van der Waals surface area contributed by atoms with Crippen molar-refractivity contribution in [3.63, 3.8) is 0 Å². The van der Waals surface area contributed by atoms with E-state index in [1.54, 1.807) is 6.07 Å². The average molecular weight is 277 g/mol. The van der Waals surface area contributed by atoms with Crippen molar-refractivity contribution in [1.29, 1.82) is 5.26 Å². The predicted molar refractivity (Wildman–Crippen MR) is 81.3 cm³/mol. The van der Waals surface area contributed by atoms with Crippen molar-refractivity contribution >= 4 is 5.69 Å². The van der Waals surface area contributed by atoms with Crippen LogP contribution in [0.5, 0.6) is 5.75 Å². The molecule has 0 unspecified atom stereocenters. The first-order valence-electron chi connectivity index (χ1n) is 6.64. The molecule has 2 aromatic carbocycles. The van der Waals surface area contributed by atoms with Crippen molar-refractivity contribution in [2.75, 3.05) is 5.73 Å². The number of benzene rings is 2. The van der Waals surface area contributed by atoms with Gasteiger partial charge in [-0.1, -0.05) is 30.3 Å². The fraction of sp³-hybridized carbons (Fsp3) is 0.118. The Balaban J connectivity index is 2.27. The molecular formula is C17H15N3O. The second-order valence-electron chi connectivity index (χ2n) is 5.08. The Morgan fingerprint density at radius 2 is 1.86 bits per heavy atom. The minimum Gasteiger partial charge on any atom is -0.440 e. The van der Waals surface area contributed by atoms with E-state index in [-0.39, 0.29) is 11.8 Å². The van der Waals surface area contributed by atoms with Crippen LogP contribution >= 0.6 is 0 Å². The normalized spacial score (nSPS) is 16.9. The number of allylic oxidation sites excluding steroid dienone is 1. The molecule has 1 aliphatic heterocycles. The third kappa shape index (κ3) is 2.09. The maximum absolute atomic E-state index is 9.47. The van der Waals surface area contributed by atoms with E-state index in [0.717, 1.165) is 16.7 Å². The fourth-order valence-electron chi connectivity index (χ4n) is 2.70. The summed E-state index contributed by atoms with van der Waals surface area (Å²) in [4.78, 5) is 0. The molecule has 2 aromatic rings. The zero-order valence-corrected chi connectivity index (χ0v) is 11.6. The number of aryl methyl sites for hydroxylation is 1. The first-order valence-corrected chi connectivity index (χ1v) is 6.64. The minimum atomic E-state index is -0.222. The van der Waals surface area contributed by atoms with Crippen molar-refractivity contribution in [2.24, 2.45) is 5.73 Å². The first kappa shape index (κ1) is 13.1. The summed E-state index contributed by atoms with van der Waals surface area (Å²) in [7, 11) is 0. The van der Waals surface area contributed by atoms with Crippen LogP contribution in [0, 0.1) is 18.3 Å². The summed E-state index contributed by atoms with van der Waals surface area (Å²) in [6.07, 6.45) is 0. The van der Waals surface area contributed by atoms with Crippen LogP contribution in [0.1, 0.15) is 22.6 Å². The molecule has 0 radical (unpaired) electrons. The lowest BCUT2D eigenvalue weighted by atomic mass is 9.81. The van der Waals surface area contributed by atoms with E-state index in [2.05, 4.69) is 6.07 Å². The quantitative estimate of drug-likeness (QED) is 0.785. The van der Waals surface area contributed by atoms with E-state index in [1.807, 2.05) is 43.3 Å². The van der Waals surface area contributed by atoms with Crippen LogP contribution in [0.25, 0.3) is 0 Å². The number of nitrogen functional groups attached to an aromatic ring is 1. The molecule has 1 heterocycles. The van der Waals surface area contributed by atoms with Gasteiger partial charge in [-0.25, -0.2) is 0 Å². The molecule has 1 atom stereocenters. The first-order chi connectivity index (χ1) is 10.1. The largest absolute Gasteiger partial charge is 0.440 e. The summed E-state index contributed by atoms with van der Waals surface area (Å²) in [6, 6.07) is 15.6. The van der Waals surface area contributed by atoms with Crippen LogP contribution in [0.3, 0.4) is 0 Å². The van der Waals surface area contributed by atoms with Gasteiger partial charge in [0.2, 0.25) is 5.88 Å². The molecule has 0 amide bonds. The van der Waals surface area contributed by atoms with Crippen molar-refractivity contribution in [1.82, 2.24) is 0 Å².